The first-order chi connectivity index (χ1) is 13.0. The summed E-state index contributed by atoms with van der Waals surface area (Å²) in [7, 11) is 1.58. The molecule has 0 unspecified atom stereocenters. The minimum atomic E-state index is -0.114. The summed E-state index contributed by atoms with van der Waals surface area (Å²) >= 11 is 2.81. The van der Waals surface area contributed by atoms with E-state index in [1.165, 1.54) is 23.1 Å². The predicted octanol–water partition coefficient (Wildman–Crippen LogP) is 3.59. The highest BCUT2D eigenvalue weighted by Gasteiger charge is 2.10. The molecular weight excluding hydrogens is 382 g/mol. The second-order valence-corrected chi connectivity index (χ2v) is 8.46. The van der Waals surface area contributed by atoms with Gasteiger partial charge in [-0.2, -0.15) is 0 Å². The lowest BCUT2D eigenvalue weighted by molar-refractivity contribution is -0.120. The molecule has 0 fully saturated rings. The lowest BCUT2D eigenvalue weighted by atomic mass is 10.1. The van der Waals surface area contributed by atoms with Crippen LogP contribution in [0.5, 0.6) is 5.75 Å². The van der Waals surface area contributed by atoms with Crippen LogP contribution < -0.4 is 15.4 Å². The maximum Gasteiger partial charge on any atom is 0.234 e. The van der Waals surface area contributed by atoms with E-state index in [0.717, 1.165) is 16.5 Å². The lowest BCUT2D eigenvalue weighted by Gasteiger charge is -2.06. The van der Waals surface area contributed by atoms with Crippen LogP contribution in [0, 0.1) is 5.92 Å². The van der Waals surface area contributed by atoms with Gasteiger partial charge in [0.15, 0.2) is 4.34 Å². The Balaban J connectivity index is 1.75. The van der Waals surface area contributed by atoms with Crippen LogP contribution >= 0.6 is 23.1 Å². The molecule has 1 aromatic carbocycles. The van der Waals surface area contributed by atoms with Crippen molar-refractivity contribution in [2.24, 2.45) is 5.92 Å². The number of rotatable bonds is 10. The number of hydrogen-bond acceptors (Lipinski definition) is 6. The van der Waals surface area contributed by atoms with Crippen LogP contribution in [0.2, 0.25) is 0 Å². The van der Waals surface area contributed by atoms with Crippen molar-refractivity contribution in [2.75, 3.05) is 24.7 Å². The molecule has 0 aliphatic carbocycles. The lowest BCUT2D eigenvalue weighted by Crippen LogP contribution is -2.26. The summed E-state index contributed by atoms with van der Waals surface area (Å²) in [6.45, 7) is 4.94. The normalized spacial score (nSPS) is 10.7. The number of carbonyl (C=O) groups excluding carboxylic acids is 2. The van der Waals surface area contributed by atoms with Gasteiger partial charge in [-0.3, -0.25) is 9.59 Å². The van der Waals surface area contributed by atoms with Crippen molar-refractivity contribution >= 4 is 40.6 Å². The van der Waals surface area contributed by atoms with Crippen molar-refractivity contribution in [1.82, 2.24) is 10.3 Å². The smallest absolute Gasteiger partial charge is 0.234 e. The predicted molar refractivity (Wildman–Crippen MR) is 111 cm³/mol. The van der Waals surface area contributed by atoms with Crippen LogP contribution in [0.15, 0.2) is 34.0 Å². The number of nitrogens with one attached hydrogen (secondary N) is 2. The molecule has 2 aromatic rings. The summed E-state index contributed by atoms with van der Waals surface area (Å²) < 4.78 is 5.92. The van der Waals surface area contributed by atoms with Gasteiger partial charge in [0, 0.05) is 23.7 Å². The Labute approximate surface area is 168 Å². The molecule has 1 heterocycles. The van der Waals surface area contributed by atoms with Gasteiger partial charge in [-0.1, -0.05) is 31.7 Å². The monoisotopic (exact) mass is 407 g/mol. The molecule has 2 N–H and O–H groups in total. The van der Waals surface area contributed by atoms with Crippen LogP contribution in [0.3, 0.4) is 0 Å². The summed E-state index contributed by atoms with van der Waals surface area (Å²) in [5.74, 6) is 1.38. The zero-order chi connectivity index (χ0) is 19.6. The summed E-state index contributed by atoms with van der Waals surface area (Å²) in [5, 5.41) is 7.60. The molecule has 8 heteroatoms. The third kappa shape index (κ3) is 8.01. The third-order valence-electron chi connectivity index (χ3n) is 3.60. The third-order valence-corrected chi connectivity index (χ3v) is 5.67. The molecule has 146 valence electrons. The van der Waals surface area contributed by atoms with E-state index in [1.807, 2.05) is 23.6 Å². The summed E-state index contributed by atoms with van der Waals surface area (Å²) in [4.78, 5) is 28.4. The van der Waals surface area contributed by atoms with Gasteiger partial charge in [0.1, 0.15) is 5.75 Å². The molecule has 0 atom stereocenters. The zero-order valence-electron chi connectivity index (χ0n) is 15.8. The molecule has 0 radical (unpaired) electrons. The highest BCUT2D eigenvalue weighted by molar-refractivity contribution is 8.01. The van der Waals surface area contributed by atoms with E-state index >= 15 is 0 Å². The largest absolute Gasteiger partial charge is 0.497 e. The van der Waals surface area contributed by atoms with Gasteiger partial charge < -0.3 is 15.4 Å². The minimum absolute atomic E-state index is 0.0201. The van der Waals surface area contributed by atoms with E-state index in [4.69, 9.17) is 4.74 Å². The van der Waals surface area contributed by atoms with Crippen LogP contribution in [0.25, 0.3) is 0 Å². The molecule has 0 saturated carbocycles. The van der Waals surface area contributed by atoms with E-state index in [9.17, 15) is 9.59 Å². The summed E-state index contributed by atoms with van der Waals surface area (Å²) in [6.07, 6.45) is 1.23. The molecule has 6 nitrogen and oxygen atoms in total. The first-order valence-corrected chi connectivity index (χ1v) is 10.6. The fourth-order valence-corrected chi connectivity index (χ4v) is 3.83. The number of thioether (sulfide) groups is 1. The number of methoxy groups -OCH3 is 1. The number of carbonyl (C=O) groups is 2. The quantitative estimate of drug-likeness (QED) is 0.589. The van der Waals surface area contributed by atoms with E-state index in [2.05, 4.69) is 29.5 Å². The van der Waals surface area contributed by atoms with Gasteiger partial charge >= 0.3 is 0 Å². The Morgan fingerprint density at radius 1 is 1.30 bits per heavy atom. The fraction of sp³-hybridized carbons (Fsp3) is 0.421. The number of amides is 2. The van der Waals surface area contributed by atoms with Crippen molar-refractivity contribution in [2.45, 2.75) is 31.0 Å². The topological polar surface area (TPSA) is 80.3 Å². The van der Waals surface area contributed by atoms with Crippen molar-refractivity contribution < 1.29 is 14.3 Å². The Bertz CT molecular complexity index is 762. The molecule has 2 amide bonds. The molecule has 0 aliphatic rings. The van der Waals surface area contributed by atoms with Gasteiger partial charge in [0.2, 0.25) is 11.8 Å². The standard InChI is InChI=1S/C19H25N3O3S2/c1-13(2)7-8-20-17(23)10-15-11-26-19(22-15)27-12-18(24)21-14-5-4-6-16(9-14)25-3/h4-6,9,11,13H,7-8,10,12H2,1-3H3,(H,20,23)(H,21,24). The van der Waals surface area contributed by atoms with Gasteiger partial charge in [-0.15, -0.1) is 11.3 Å². The number of thiazole rings is 1. The molecule has 0 spiro atoms. The maximum absolute atomic E-state index is 12.1. The number of anilines is 1. The minimum Gasteiger partial charge on any atom is -0.497 e. The first-order valence-electron chi connectivity index (χ1n) is 8.74. The fourth-order valence-electron chi connectivity index (χ4n) is 2.19. The Hall–Kier alpha value is -2.06. The van der Waals surface area contributed by atoms with Gasteiger partial charge in [-0.05, 0) is 24.5 Å². The number of ether oxygens (including phenoxy) is 1. The molecule has 2 rings (SSSR count). The average Bonchev–Trinajstić information content (AvgIpc) is 3.07. The second-order valence-electron chi connectivity index (χ2n) is 6.38. The van der Waals surface area contributed by atoms with Crippen LogP contribution in [0.1, 0.15) is 26.0 Å². The summed E-state index contributed by atoms with van der Waals surface area (Å²) in [6, 6.07) is 7.22. The van der Waals surface area contributed by atoms with Gasteiger partial charge in [0.25, 0.3) is 0 Å². The van der Waals surface area contributed by atoms with Gasteiger partial charge in [0.05, 0.1) is 25.0 Å². The molecule has 0 saturated heterocycles. The first kappa shape index (κ1) is 21.2. The SMILES string of the molecule is COc1cccc(NC(=O)CSc2nc(CC(=O)NCCC(C)C)cs2)c1. The van der Waals surface area contributed by atoms with Gasteiger partial charge in [-0.25, -0.2) is 4.98 Å². The molecule has 0 aliphatic heterocycles. The average molecular weight is 408 g/mol. The van der Waals surface area contributed by atoms with E-state index < -0.39 is 0 Å². The highest BCUT2D eigenvalue weighted by atomic mass is 32.2. The second kappa shape index (κ2) is 10.9. The number of aromatic nitrogens is 1. The molecule has 1 aromatic heterocycles. The van der Waals surface area contributed by atoms with Crippen molar-refractivity contribution in [1.29, 1.82) is 0 Å². The zero-order valence-corrected chi connectivity index (χ0v) is 17.4. The van der Waals surface area contributed by atoms with Crippen LogP contribution in [0.4, 0.5) is 5.69 Å². The Kier molecular flexibility index (Phi) is 8.60. The molecule has 27 heavy (non-hydrogen) atoms. The number of hydrogen-bond donors (Lipinski definition) is 2. The summed E-state index contributed by atoms with van der Waals surface area (Å²) in [5.41, 5.74) is 1.43. The Morgan fingerprint density at radius 3 is 2.85 bits per heavy atom. The maximum atomic E-state index is 12.1. The van der Waals surface area contributed by atoms with Crippen molar-refractivity contribution in [3.63, 3.8) is 0 Å². The van der Waals surface area contributed by atoms with Crippen LogP contribution in [-0.2, 0) is 16.0 Å². The van der Waals surface area contributed by atoms with E-state index in [-0.39, 0.29) is 24.0 Å². The van der Waals surface area contributed by atoms with E-state index in [1.54, 1.807) is 13.2 Å². The highest BCUT2D eigenvalue weighted by Crippen LogP contribution is 2.23. The Morgan fingerprint density at radius 2 is 2.11 bits per heavy atom. The molecule has 0 bridgehead atoms. The van der Waals surface area contributed by atoms with Crippen molar-refractivity contribution in [3.8, 4) is 5.75 Å². The van der Waals surface area contributed by atoms with Crippen molar-refractivity contribution in [3.05, 3.63) is 35.3 Å². The van der Waals surface area contributed by atoms with Crippen LogP contribution in [-0.4, -0.2) is 36.2 Å². The number of nitrogens with zero attached hydrogens (tertiary/aromatic N) is 1. The van der Waals surface area contributed by atoms with E-state index in [0.29, 0.717) is 23.9 Å². The molecular formula is C19H25N3O3S2. The number of benzene rings is 1.